The summed E-state index contributed by atoms with van der Waals surface area (Å²) >= 11 is 6.13. The standard InChI is InChI=1S/C27H20N8.C20H15ClN4/c1-2-7-19(8-3-1)23-10-6-11-24-25(23)27(30-15-21-9-4-5-12-29-21)34-26(33-24)20-13-22(16-28-14-20)35-17-31-32-18-35;21-20-24-17-11-6-10-16(14-7-2-1-3-8-14)18(17)19(25-20)23-13-15-9-4-5-12-22-15/h1-14,16-18H,15H2,(H,30,33,34);1-12H,13H2,(H,23,24,25). The maximum absolute atomic E-state index is 6.13. The molecule has 0 aliphatic heterocycles. The summed E-state index contributed by atoms with van der Waals surface area (Å²) in [6.07, 6.45) is 10.3. The first kappa shape index (κ1) is 37.6. The molecule has 0 radical (unpaired) electrons. The zero-order chi connectivity index (χ0) is 40.5. The Morgan fingerprint density at radius 1 is 0.500 bits per heavy atom. The van der Waals surface area contributed by atoms with Crippen molar-refractivity contribution in [3.63, 3.8) is 0 Å². The van der Waals surface area contributed by atoms with E-state index in [2.05, 4.69) is 82.1 Å². The van der Waals surface area contributed by atoms with Crippen LogP contribution in [0.2, 0.25) is 5.28 Å². The fourth-order valence-corrected chi connectivity index (χ4v) is 6.99. The van der Waals surface area contributed by atoms with Gasteiger partial charge in [0.2, 0.25) is 5.28 Å². The van der Waals surface area contributed by atoms with Crippen molar-refractivity contribution in [2.75, 3.05) is 10.6 Å². The van der Waals surface area contributed by atoms with E-state index in [9.17, 15) is 0 Å². The second-order valence-corrected chi connectivity index (χ2v) is 13.9. The molecular weight excluding hydrogens is 768 g/mol. The molecule has 10 rings (SSSR count). The van der Waals surface area contributed by atoms with Crippen molar-refractivity contribution in [1.29, 1.82) is 0 Å². The number of nitrogens with one attached hydrogen (secondary N) is 2. The van der Waals surface area contributed by atoms with Crippen molar-refractivity contribution in [2.45, 2.75) is 13.1 Å². The first-order valence-electron chi connectivity index (χ1n) is 19.1. The van der Waals surface area contributed by atoms with Crippen LogP contribution in [0, 0.1) is 0 Å². The number of aromatic nitrogens is 10. The number of hydrogen-bond donors (Lipinski definition) is 2. The van der Waals surface area contributed by atoms with Crippen LogP contribution in [0.5, 0.6) is 0 Å². The third-order valence-electron chi connectivity index (χ3n) is 9.61. The highest BCUT2D eigenvalue weighted by Gasteiger charge is 2.16. The summed E-state index contributed by atoms with van der Waals surface area (Å²) in [5.74, 6) is 2.03. The molecule has 0 atom stereocenters. The highest BCUT2D eigenvalue weighted by atomic mass is 35.5. The van der Waals surface area contributed by atoms with Crippen LogP contribution in [-0.4, -0.2) is 49.7 Å². The molecule has 0 bridgehead atoms. The molecule has 290 valence electrons. The number of anilines is 2. The van der Waals surface area contributed by atoms with E-state index < -0.39 is 0 Å². The molecule has 0 fully saturated rings. The van der Waals surface area contributed by atoms with Crippen molar-refractivity contribution >= 4 is 45.0 Å². The summed E-state index contributed by atoms with van der Waals surface area (Å²) in [5.41, 5.74) is 9.48. The van der Waals surface area contributed by atoms with Crippen molar-refractivity contribution in [3.8, 4) is 39.3 Å². The van der Waals surface area contributed by atoms with E-state index in [1.807, 2.05) is 103 Å². The van der Waals surface area contributed by atoms with Gasteiger partial charge in [-0.05, 0) is 76.3 Å². The van der Waals surface area contributed by atoms with Crippen LogP contribution in [0.25, 0.3) is 61.1 Å². The number of benzene rings is 4. The molecule has 13 heteroatoms. The highest BCUT2D eigenvalue weighted by molar-refractivity contribution is 6.29. The first-order valence-corrected chi connectivity index (χ1v) is 19.5. The Hall–Kier alpha value is -7.96. The van der Waals surface area contributed by atoms with Crippen LogP contribution in [0.3, 0.4) is 0 Å². The molecule has 0 aliphatic carbocycles. The van der Waals surface area contributed by atoms with Gasteiger partial charge in [0, 0.05) is 24.2 Å². The van der Waals surface area contributed by atoms with E-state index in [1.165, 1.54) is 0 Å². The molecule has 0 spiro atoms. The quantitative estimate of drug-likeness (QED) is 0.128. The lowest BCUT2D eigenvalue weighted by molar-refractivity contribution is 1.02. The number of hydrogen-bond acceptors (Lipinski definition) is 11. The van der Waals surface area contributed by atoms with Crippen LogP contribution >= 0.6 is 11.6 Å². The summed E-state index contributed by atoms with van der Waals surface area (Å²) in [6.45, 7) is 1.10. The molecular formula is C47H35ClN12. The van der Waals surface area contributed by atoms with Crippen molar-refractivity contribution in [2.24, 2.45) is 0 Å². The Morgan fingerprint density at radius 2 is 1.05 bits per heavy atom. The van der Waals surface area contributed by atoms with Crippen LogP contribution in [0.1, 0.15) is 11.4 Å². The van der Waals surface area contributed by atoms with E-state index in [0.29, 0.717) is 24.7 Å². The van der Waals surface area contributed by atoms with Crippen LogP contribution < -0.4 is 10.6 Å². The third-order valence-corrected chi connectivity index (χ3v) is 9.78. The lowest BCUT2D eigenvalue weighted by Crippen LogP contribution is -2.06. The monoisotopic (exact) mass is 802 g/mol. The summed E-state index contributed by atoms with van der Waals surface area (Å²) in [5, 5.41) is 16.8. The van der Waals surface area contributed by atoms with E-state index in [0.717, 1.165) is 72.5 Å². The van der Waals surface area contributed by atoms with Crippen LogP contribution in [0.4, 0.5) is 11.6 Å². The van der Waals surface area contributed by atoms with Gasteiger partial charge in [-0.1, -0.05) is 97.1 Å². The normalized spacial score (nSPS) is 10.9. The average Bonchev–Trinajstić information content (AvgIpc) is 3.87. The molecule has 0 saturated carbocycles. The van der Waals surface area contributed by atoms with Crippen molar-refractivity contribution in [1.82, 2.24) is 49.7 Å². The molecule has 12 nitrogen and oxygen atoms in total. The highest BCUT2D eigenvalue weighted by Crippen LogP contribution is 2.35. The van der Waals surface area contributed by atoms with Gasteiger partial charge in [0.15, 0.2) is 5.82 Å². The second kappa shape index (κ2) is 17.7. The molecule has 6 heterocycles. The molecule has 60 heavy (non-hydrogen) atoms. The van der Waals surface area contributed by atoms with Gasteiger partial charge < -0.3 is 10.6 Å². The molecule has 6 aromatic heterocycles. The van der Waals surface area contributed by atoms with Gasteiger partial charge in [-0.25, -0.2) is 19.9 Å². The van der Waals surface area contributed by atoms with Gasteiger partial charge in [0.05, 0.1) is 58.2 Å². The topological polar surface area (TPSA) is 145 Å². The molecule has 0 saturated heterocycles. The Morgan fingerprint density at radius 3 is 1.62 bits per heavy atom. The number of halogens is 1. The lowest BCUT2D eigenvalue weighted by Gasteiger charge is -2.14. The largest absolute Gasteiger partial charge is 0.364 e. The molecule has 2 N–H and O–H groups in total. The van der Waals surface area contributed by atoms with Gasteiger partial charge in [-0.2, -0.15) is 0 Å². The van der Waals surface area contributed by atoms with Crippen LogP contribution in [0.15, 0.2) is 177 Å². The van der Waals surface area contributed by atoms with Gasteiger partial charge in [-0.3, -0.25) is 19.5 Å². The zero-order valence-corrected chi connectivity index (χ0v) is 32.8. The molecule has 4 aromatic carbocycles. The van der Waals surface area contributed by atoms with Gasteiger partial charge in [0.25, 0.3) is 0 Å². The molecule has 0 aliphatic rings. The molecule has 10 aromatic rings. The summed E-state index contributed by atoms with van der Waals surface area (Å²) in [4.78, 5) is 31.9. The number of pyridine rings is 3. The number of nitrogens with zero attached hydrogens (tertiary/aromatic N) is 10. The minimum Gasteiger partial charge on any atom is -0.364 e. The zero-order valence-electron chi connectivity index (χ0n) is 32.0. The fraction of sp³-hybridized carbons (Fsp3) is 0.0426. The van der Waals surface area contributed by atoms with E-state index in [1.54, 1.807) is 42.0 Å². The van der Waals surface area contributed by atoms with Gasteiger partial charge in [0.1, 0.15) is 24.3 Å². The Balaban J connectivity index is 0.000000163. The Bertz CT molecular complexity index is 2990. The first-order chi connectivity index (χ1) is 29.7. The Labute approximate surface area is 350 Å². The second-order valence-electron chi connectivity index (χ2n) is 13.5. The van der Waals surface area contributed by atoms with Crippen molar-refractivity contribution < 1.29 is 0 Å². The van der Waals surface area contributed by atoms with Crippen LogP contribution in [-0.2, 0) is 13.1 Å². The SMILES string of the molecule is Clc1nc(NCc2ccccn2)c2c(-c3ccccc3)cccc2n1.c1ccc(-c2cccc3nc(-c4cncc(-n5cnnc5)c4)nc(NCc4ccccn4)c23)cc1. The van der Waals surface area contributed by atoms with E-state index >= 15 is 0 Å². The average molecular weight is 803 g/mol. The van der Waals surface area contributed by atoms with Gasteiger partial charge in [-0.15, -0.1) is 10.2 Å². The van der Waals surface area contributed by atoms with E-state index in [-0.39, 0.29) is 5.28 Å². The number of fused-ring (bicyclic) bond motifs is 2. The number of rotatable bonds is 10. The Kier molecular flexibility index (Phi) is 11.1. The summed E-state index contributed by atoms with van der Waals surface area (Å²) in [6, 6.07) is 46.3. The predicted octanol–water partition coefficient (Wildman–Crippen LogP) is 9.90. The minimum atomic E-state index is 0.223. The molecule has 0 unspecified atom stereocenters. The predicted molar refractivity (Wildman–Crippen MR) is 236 cm³/mol. The summed E-state index contributed by atoms with van der Waals surface area (Å²) in [7, 11) is 0. The maximum Gasteiger partial charge on any atom is 0.224 e. The summed E-state index contributed by atoms with van der Waals surface area (Å²) < 4.78 is 1.80. The third kappa shape index (κ3) is 8.49. The molecule has 0 amide bonds. The smallest absolute Gasteiger partial charge is 0.224 e. The fourth-order valence-electron chi connectivity index (χ4n) is 6.82. The van der Waals surface area contributed by atoms with Gasteiger partial charge >= 0.3 is 0 Å². The van der Waals surface area contributed by atoms with Crippen molar-refractivity contribution in [3.05, 3.63) is 194 Å². The lowest BCUT2D eigenvalue weighted by atomic mass is 10.0. The minimum absolute atomic E-state index is 0.223. The maximum atomic E-state index is 6.13. The van der Waals surface area contributed by atoms with E-state index in [4.69, 9.17) is 21.6 Å².